The lowest BCUT2D eigenvalue weighted by Crippen LogP contribution is -2.45. The fraction of sp³-hybridized carbons (Fsp3) is 0.500. The lowest BCUT2D eigenvalue weighted by Gasteiger charge is -2.44. The molecular formula is C24H33ClFNO. The van der Waals surface area contributed by atoms with Crippen LogP contribution in [0.2, 0.25) is 0 Å². The minimum Gasteiger partial charge on any atom is -0.389 e. The van der Waals surface area contributed by atoms with E-state index in [1.54, 1.807) is 6.07 Å². The average Bonchev–Trinajstić information content (AvgIpc) is 2.65. The Morgan fingerprint density at radius 2 is 1.86 bits per heavy atom. The molecule has 0 bridgehead atoms. The molecule has 0 aromatic heterocycles. The van der Waals surface area contributed by atoms with E-state index in [4.69, 9.17) is 0 Å². The van der Waals surface area contributed by atoms with Gasteiger partial charge in [-0.05, 0) is 67.5 Å². The van der Waals surface area contributed by atoms with Crippen LogP contribution in [0.25, 0.3) is 0 Å². The van der Waals surface area contributed by atoms with Crippen LogP contribution in [0.15, 0.2) is 48.5 Å². The second-order valence-corrected chi connectivity index (χ2v) is 8.46. The summed E-state index contributed by atoms with van der Waals surface area (Å²) in [5.74, 6) is 0.195. The molecule has 2 atom stereocenters. The maximum Gasteiger partial charge on any atom is 0.123 e. The Hall–Kier alpha value is -1.42. The van der Waals surface area contributed by atoms with Gasteiger partial charge in [0, 0.05) is 19.0 Å². The molecule has 3 rings (SSSR count). The Balaban J connectivity index is 0.00000280. The maximum absolute atomic E-state index is 13.6. The summed E-state index contributed by atoms with van der Waals surface area (Å²) in [6, 6.07) is 15.6. The standard InChI is InChI=1S/C24H32FNO.ClH/c1-18(2)23-22-10-9-21(25)17-20(22)11-13-24(23,27)14-16-26(3)15-12-19-7-5-4-6-8-19;/h4-10,17-18,23,27H,11-16H2,1-3H3;1H/t23-,24-;/m0./s1. The van der Waals surface area contributed by atoms with Gasteiger partial charge in [-0.15, -0.1) is 12.4 Å². The highest BCUT2D eigenvalue weighted by Crippen LogP contribution is 2.45. The molecule has 1 N–H and O–H groups in total. The number of halogens is 2. The first-order valence-electron chi connectivity index (χ1n) is 10.1. The third-order valence-corrected chi connectivity index (χ3v) is 6.06. The zero-order valence-corrected chi connectivity index (χ0v) is 18.0. The van der Waals surface area contributed by atoms with Crippen molar-refractivity contribution in [2.24, 2.45) is 5.92 Å². The molecule has 0 spiro atoms. The van der Waals surface area contributed by atoms with E-state index in [1.807, 2.05) is 12.1 Å². The van der Waals surface area contributed by atoms with Crippen LogP contribution in [0.4, 0.5) is 4.39 Å². The van der Waals surface area contributed by atoms with E-state index in [2.05, 4.69) is 50.1 Å². The summed E-state index contributed by atoms with van der Waals surface area (Å²) in [4.78, 5) is 2.31. The second-order valence-electron chi connectivity index (χ2n) is 8.46. The summed E-state index contributed by atoms with van der Waals surface area (Å²) in [6.07, 6.45) is 3.23. The SMILES string of the molecule is CC(C)[C@H]1c2ccc(F)cc2CC[C@]1(O)CCN(C)CCc1ccccc1.Cl. The van der Waals surface area contributed by atoms with Crippen LogP contribution in [-0.4, -0.2) is 35.7 Å². The molecule has 1 aliphatic carbocycles. The highest BCUT2D eigenvalue weighted by molar-refractivity contribution is 5.85. The van der Waals surface area contributed by atoms with Crippen LogP contribution in [0.1, 0.15) is 49.3 Å². The molecule has 2 aromatic carbocycles. The summed E-state index contributed by atoms with van der Waals surface area (Å²) in [7, 11) is 2.13. The number of aryl methyl sites for hydroxylation is 1. The lowest BCUT2D eigenvalue weighted by molar-refractivity contribution is -0.0300. The Morgan fingerprint density at radius 1 is 1.14 bits per heavy atom. The van der Waals surface area contributed by atoms with Gasteiger partial charge in [0.2, 0.25) is 0 Å². The smallest absolute Gasteiger partial charge is 0.123 e. The quantitative estimate of drug-likeness (QED) is 0.681. The van der Waals surface area contributed by atoms with Crippen molar-refractivity contribution in [1.29, 1.82) is 0 Å². The van der Waals surface area contributed by atoms with Crippen molar-refractivity contribution in [3.8, 4) is 0 Å². The Bertz CT molecular complexity index is 752. The second kappa shape index (κ2) is 9.87. The summed E-state index contributed by atoms with van der Waals surface area (Å²) in [5, 5.41) is 11.5. The zero-order valence-electron chi connectivity index (χ0n) is 17.2. The normalized spacial score (nSPS) is 21.5. The molecule has 0 saturated carbocycles. The Labute approximate surface area is 175 Å². The first kappa shape index (κ1) is 22.9. The number of aliphatic hydroxyl groups is 1. The number of rotatable bonds is 7. The summed E-state index contributed by atoms with van der Waals surface area (Å²) in [5.41, 5.74) is 2.82. The lowest BCUT2D eigenvalue weighted by atomic mass is 9.66. The van der Waals surface area contributed by atoms with Crippen LogP contribution in [0.3, 0.4) is 0 Å². The number of nitrogens with zero attached hydrogens (tertiary/aromatic N) is 1. The van der Waals surface area contributed by atoms with Gasteiger partial charge in [-0.3, -0.25) is 0 Å². The molecule has 0 amide bonds. The molecule has 0 heterocycles. The molecule has 4 heteroatoms. The molecule has 0 aliphatic heterocycles. The number of benzene rings is 2. The molecule has 1 aliphatic rings. The first-order chi connectivity index (χ1) is 12.9. The van der Waals surface area contributed by atoms with Crippen LogP contribution in [0, 0.1) is 11.7 Å². The third kappa shape index (κ3) is 5.34. The van der Waals surface area contributed by atoms with Crippen molar-refractivity contribution in [2.45, 2.75) is 51.0 Å². The molecular weight excluding hydrogens is 373 g/mol. The largest absolute Gasteiger partial charge is 0.389 e. The van der Waals surface area contributed by atoms with Gasteiger partial charge in [-0.25, -0.2) is 4.39 Å². The summed E-state index contributed by atoms with van der Waals surface area (Å²) < 4.78 is 13.6. The van der Waals surface area contributed by atoms with Crippen LogP contribution < -0.4 is 0 Å². The maximum atomic E-state index is 13.6. The molecule has 0 fully saturated rings. The van der Waals surface area contributed by atoms with E-state index in [9.17, 15) is 9.50 Å². The van der Waals surface area contributed by atoms with Crippen molar-refractivity contribution in [3.63, 3.8) is 0 Å². The van der Waals surface area contributed by atoms with E-state index in [1.165, 1.54) is 11.6 Å². The predicted octanol–water partition coefficient (Wildman–Crippen LogP) is 5.23. The summed E-state index contributed by atoms with van der Waals surface area (Å²) >= 11 is 0. The fourth-order valence-electron chi connectivity index (χ4n) is 4.61. The van der Waals surface area contributed by atoms with Crippen LogP contribution >= 0.6 is 12.4 Å². The first-order valence-corrected chi connectivity index (χ1v) is 10.1. The number of fused-ring (bicyclic) bond motifs is 1. The van der Waals surface area contributed by atoms with Crippen LogP contribution in [0.5, 0.6) is 0 Å². The predicted molar refractivity (Wildman–Crippen MR) is 117 cm³/mol. The molecule has 0 radical (unpaired) electrons. The van der Waals surface area contributed by atoms with Crippen molar-refractivity contribution in [1.82, 2.24) is 4.90 Å². The number of hydrogen-bond donors (Lipinski definition) is 1. The molecule has 0 unspecified atom stereocenters. The topological polar surface area (TPSA) is 23.5 Å². The Morgan fingerprint density at radius 3 is 2.54 bits per heavy atom. The van der Waals surface area contributed by atoms with Crippen molar-refractivity contribution in [3.05, 3.63) is 71.0 Å². The zero-order chi connectivity index (χ0) is 19.4. The highest BCUT2D eigenvalue weighted by Gasteiger charge is 2.43. The summed E-state index contributed by atoms with van der Waals surface area (Å²) in [6.45, 7) is 6.16. The van der Waals surface area contributed by atoms with E-state index in [0.717, 1.165) is 43.5 Å². The molecule has 0 saturated heterocycles. The van der Waals surface area contributed by atoms with Gasteiger partial charge in [-0.1, -0.05) is 50.2 Å². The van der Waals surface area contributed by atoms with E-state index in [-0.39, 0.29) is 24.1 Å². The minimum atomic E-state index is -0.722. The van der Waals surface area contributed by atoms with Crippen molar-refractivity contribution >= 4 is 12.4 Å². The van der Waals surface area contributed by atoms with E-state index >= 15 is 0 Å². The average molecular weight is 406 g/mol. The molecule has 28 heavy (non-hydrogen) atoms. The van der Waals surface area contributed by atoms with Gasteiger partial charge >= 0.3 is 0 Å². The van der Waals surface area contributed by atoms with Crippen LogP contribution in [-0.2, 0) is 12.8 Å². The van der Waals surface area contributed by atoms with Gasteiger partial charge in [-0.2, -0.15) is 0 Å². The third-order valence-electron chi connectivity index (χ3n) is 6.06. The van der Waals surface area contributed by atoms with E-state index in [0.29, 0.717) is 12.3 Å². The van der Waals surface area contributed by atoms with Gasteiger partial charge in [0.25, 0.3) is 0 Å². The van der Waals surface area contributed by atoms with Gasteiger partial charge in [0.1, 0.15) is 5.82 Å². The Kier molecular flexibility index (Phi) is 8.06. The highest BCUT2D eigenvalue weighted by atomic mass is 35.5. The fourth-order valence-corrected chi connectivity index (χ4v) is 4.61. The monoisotopic (exact) mass is 405 g/mol. The number of likely N-dealkylation sites (N-methyl/N-ethyl adjacent to an activating group) is 1. The molecule has 2 nitrogen and oxygen atoms in total. The van der Waals surface area contributed by atoms with Gasteiger partial charge in [0.05, 0.1) is 5.60 Å². The minimum absolute atomic E-state index is 0. The molecule has 154 valence electrons. The number of hydrogen-bond acceptors (Lipinski definition) is 2. The van der Waals surface area contributed by atoms with Gasteiger partial charge < -0.3 is 10.0 Å². The van der Waals surface area contributed by atoms with Crippen molar-refractivity contribution < 1.29 is 9.50 Å². The molecule has 2 aromatic rings. The van der Waals surface area contributed by atoms with Gasteiger partial charge in [0.15, 0.2) is 0 Å². The van der Waals surface area contributed by atoms with Crippen molar-refractivity contribution in [2.75, 3.05) is 20.1 Å². The van der Waals surface area contributed by atoms with E-state index < -0.39 is 5.60 Å².